The van der Waals surface area contributed by atoms with Crippen molar-refractivity contribution in [2.45, 2.75) is 18.8 Å². The van der Waals surface area contributed by atoms with Crippen molar-refractivity contribution in [1.29, 1.82) is 0 Å². The van der Waals surface area contributed by atoms with Crippen molar-refractivity contribution < 1.29 is 9.18 Å². The fourth-order valence-electron chi connectivity index (χ4n) is 1.98. The zero-order valence-electron chi connectivity index (χ0n) is 10.1. The molecule has 2 aromatic rings. The van der Waals surface area contributed by atoms with Crippen molar-refractivity contribution in [2.24, 2.45) is 0 Å². The number of nitrogens with zero attached hydrogens (tertiary/aromatic N) is 1. The molecule has 1 unspecified atom stereocenters. The monoisotopic (exact) mass is 243 g/mol. The molecule has 0 N–H and O–H groups in total. The number of carbonyl (C=O) groups is 1. The number of hydrogen-bond donors (Lipinski definition) is 0. The first-order valence-corrected chi connectivity index (χ1v) is 5.75. The highest BCUT2D eigenvalue weighted by Crippen LogP contribution is 2.26. The van der Waals surface area contributed by atoms with Gasteiger partial charge in [-0.3, -0.25) is 4.98 Å². The summed E-state index contributed by atoms with van der Waals surface area (Å²) in [7, 11) is 0. The molecule has 1 atom stereocenters. The molecule has 2 rings (SSSR count). The molecule has 1 aromatic heterocycles. The molecular formula is C15H14FNO. The van der Waals surface area contributed by atoms with Gasteiger partial charge < -0.3 is 4.79 Å². The first-order valence-electron chi connectivity index (χ1n) is 5.75. The average Bonchev–Trinajstić information content (AvgIpc) is 2.40. The number of pyridine rings is 1. The predicted molar refractivity (Wildman–Crippen MR) is 67.8 cm³/mol. The third-order valence-electron chi connectivity index (χ3n) is 3.04. The summed E-state index contributed by atoms with van der Waals surface area (Å²) in [6, 6.07) is 9.91. The van der Waals surface area contributed by atoms with Crippen molar-refractivity contribution >= 4 is 6.29 Å². The van der Waals surface area contributed by atoms with Gasteiger partial charge in [0.05, 0.1) is 5.41 Å². The molecule has 0 aliphatic heterocycles. The second-order valence-electron chi connectivity index (χ2n) is 4.58. The van der Waals surface area contributed by atoms with Crippen molar-refractivity contribution in [1.82, 2.24) is 4.98 Å². The molecule has 18 heavy (non-hydrogen) atoms. The van der Waals surface area contributed by atoms with Crippen molar-refractivity contribution in [2.75, 3.05) is 0 Å². The molecule has 0 radical (unpaired) electrons. The summed E-state index contributed by atoms with van der Waals surface area (Å²) in [5.74, 6) is -0.327. The number of aldehydes is 1. The molecule has 0 bridgehead atoms. The number of hydrogen-bond acceptors (Lipinski definition) is 2. The fourth-order valence-corrected chi connectivity index (χ4v) is 1.98. The van der Waals surface area contributed by atoms with E-state index in [1.54, 1.807) is 24.5 Å². The minimum Gasteiger partial charge on any atom is -0.302 e. The van der Waals surface area contributed by atoms with Gasteiger partial charge in [-0.2, -0.15) is 0 Å². The number of benzene rings is 1. The molecule has 0 saturated heterocycles. The van der Waals surface area contributed by atoms with Crippen LogP contribution in [-0.4, -0.2) is 11.3 Å². The molecule has 0 aliphatic carbocycles. The molecule has 3 heteroatoms. The Morgan fingerprint density at radius 3 is 2.78 bits per heavy atom. The van der Waals surface area contributed by atoms with E-state index in [4.69, 9.17) is 0 Å². The normalized spacial score (nSPS) is 13.9. The van der Waals surface area contributed by atoms with Gasteiger partial charge in [-0.15, -0.1) is 0 Å². The smallest absolute Gasteiger partial charge is 0.130 e. The molecule has 0 saturated carbocycles. The maximum atomic E-state index is 13.2. The zero-order valence-corrected chi connectivity index (χ0v) is 10.1. The van der Waals surface area contributed by atoms with E-state index in [2.05, 4.69) is 4.98 Å². The maximum absolute atomic E-state index is 13.2. The lowest BCUT2D eigenvalue weighted by Gasteiger charge is -2.23. The molecule has 0 amide bonds. The van der Waals surface area contributed by atoms with Gasteiger partial charge in [0.2, 0.25) is 0 Å². The zero-order chi connectivity index (χ0) is 13.0. The lowest BCUT2D eigenvalue weighted by molar-refractivity contribution is -0.112. The van der Waals surface area contributed by atoms with E-state index in [9.17, 15) is 9.18 Å². The quantitative estimate of drug-likeness (QED) is 0.773. The second kappa shape index (κ2) is 5.08. The Kier molecular flexibility index (Phi) is 3.51. The van der Waals surface area contributed by atoms with Crippen LogP contribution in [0.3, 0.4) is 0 Å². The van der Waals surface area contributed by atoms with E-state index in [1.807, 2.05) is 19.1 Å². The molecule has 0 spiro atoms. The van der Waals surface area contributed by atoms with E-state index >= 15 is 0 Å². The van der Waals surface area contributed by atoms with Crippen LogP contribution >= 0.6 is 0 Å². The summed E-state index contributed by atoms with van der Waals surface area (Å²) >= 11 is 0. The van der Waals surface area contributed by atoms with Gasteiger partial charge >= 0.3 is 0 Å². The van der Waals surface area contributed by atoms with Crippen LogP contribution in [0.25, 0.3) is 0 Å². The van der Waals surface area contributed by atoms with Crippen LogP contribution in [0.15, 0.2) is 48.8 Å². The number of carbonyl (C=O) groups excluding carboxylic acids is 1. The van der Waals surface area contributed by atoms with Crippen LogP contribution in [0.4, 0.5) is 4.39 Å². The minimum absolute atomic E-state index is 0.327. The van der Waals surface area contributed by atoms with E-state index in [1.165, 1.54) is 12.1 Å². The van der Waals surface area contributed by atoms with Gasteiger partial charge in [0.15, 0.2) is 0 Å². The van der Waals surface area contributed by atoms with Gasteiger partial charge in [0.1, 0.15) is 12.1 Å². The van der Waals surface area contributed by atoms with Gasteiger partial charge in [-0.25, -0.2) is 4.39 Å². The summed E-state index contributed by atoms with van der Waals surface area (Å²) in [5, 5.41) is 0. The van der Waals surface area contributed by atoms with E-state index in [-0.39, 0.29) is 5.82 Å². The number of halogens is 1. The third kappa shape index (κ3) is 2.62. The molecule has 92 valence electrons. The highest BCUT2D eigenvalue weighted by molar-refractivity contribution is 5.68. The summed E-state index contributed by atoms with van der Waals surface area (Å²) < 4.78 is 13.2. The van der Waals surface area contributed by atoms with E-state index < -0.39 is 5.41 Å². The summed E-state index contributed by atoms with van der Waals surface area (Å²) in [5.41, 5.74) is 0.906. The predicted octanol–water partition coefficient (Wildman–Crippen LogP) is 2.92. The highest BCUT2D eigenvalue weighted by atomic mass is 19.1. The first-order chi connectivity index (χ1) is 8.64. The van der Waals surface area contributed by atoms with Crippen LogP contribution in [0.2, 0.25) is 0 Å². The van der Waals surface area contributed by atoms with Gasteiger partial charge in [-0.1, -0.05) is 18.2 Å². The SMILES string of the molecule is CC(C=O)(Cc1cccnc1)c1cccc(F)c1. The molecular weight excluding hydrogens is 229 g/mol. The lowest BCUT2D eigenvalue weighted by Crippen LogP contribution is -2.27. The summed E-state index contributed by atoms with van der Waals surface area (Å²) in [6.45, 7) is 1.81. The highest BCUT2D eigenvalue weighted by Gasteiger charge is 2.26. The van der Waals surface area contributed by atoms with Gasteiger partial charge in [0, 0.05) is 12.4 Å². The van der Waals surface area contributed by atoms with Crippen molar-refractivity contribution in [3.63, 3.8) is 0 Å². The Hall–Kier alpha value is -2.03. The van der Waals surface area contributed by atoms with Crippen LogP contribution < -0.4 is 0 Å². The lowest BCUT2D eigenvalue weighted by atomic mass is 9.79. The Morgan fingerprint density at radius 2 is 2.17 bits per heavy atom. The van der Waals surface area contributed by atoms with Crippen LogP contribution in [0, 0.1) is 5.82 Å². The van der Waals surface area contributed by atoms with E-state index in [0.29, 0.717) is 12.0 Å². The topological polar surface area (TPSA) is 30.0 Å². The standard InChI is InChI=1S/C15H14FNO/c1-15(11-18,9-12-4-3-7-17-10-12)13-5-2-6-14(16)8-13/h2-8,10-11H,9H2,1H3. The van der Waals surface area contributed by atoms with Crippen molar-refractivity contribution in [3.05, 3.63) is 65.7 Å². The van der Waals surface area contributed by atoms with E-state index in [0.717, 1.165) is 11.8 Å². The van der Waals surface area contributed by atoms with Crippen LogP contribution in [-0.2, 0) is 16.6 Å². The third-order valence-corrected chi connectivity index (χ3v) is 3.04. The number of aromatic nitrogens is 1. The Morgan fingerprint density at radius 1 is 1.33 bits per heavy atom. The van der Waals surface area contributed by atoms with Crippen LogP contribution in [0.1, 0.15) is 18.1 Å². The van der Waals surface area contributed by atoms with Crippen molar-refractivity contribution in [3.8, 4) is 0 Å². The summed E-state index contributed by atoms with van der Waals surface area (Å²) in [4.78, 5) is 15.4. The molecule has 2 nitrogen and oxygen atoms in total. The Bertz CT molecular complexity index is 541. The molecule has 1 aromatic carbocycles. The Labute approximate surface area is 105 Å². The maximum Gasteiger partial charge on any atom is 0.130 e. The fraction of sp³-hybridized carbons (Fsp3) is 0.200. The molecule has 1 heterocycles. The summed E-state index contributed by atoms with van der Waals surface area (Å²) in [6.07, 6.45) is 4.79. The van der Waals surface area contributed by atoms with Crippen LogP contribution in [0.5, 0.6) is 0 Å². The minimum atomic E-state index is -0.731. The average molecular weight is 243 g/mol. The first kappa shape index (κ1) is 12.4. The molecule has 0 fully saturated rings. The Balaban J connectivity index is 2.34. The number of rotatable bonds is 4. The van der Waals surface area contributed by atoms with Gasteiger partial charge in [0.25, 0.3) is 0 Å². The molecule has 0 aliphatic rings. The largest absolute Gasteiger partial charge is 0.302 e. The van der Waals surface area contributed by atoms with Gasteiger partial charge in [-0.05, 0) is 42.7 Å². The second-order valence-corrected chi connectivity index (χ2v) is 4.58.